The summed E-state index contributed by atoms with van der Waals surface area (Å²) in [5, 5.41) is 0.726. The number of allylic oxidation sites excluding steroid dienone is 2. The van der Waals surface area contributed by atoms with E-state index in [0.29, 0.717) is 23.1 Å². The van der Waals surface area contributed by atoms with Gasteiger partial charge in [-0.2, -0.15) is 13.2 Å². The number of anilines is 1. The molecule has 0 radical (unpaired) electrons. The van der Waals surface area contributed by atoms with Gasteiger partial charge in [-0.1, -0.05) is 12.2 Å². The number of hydrogen-bond donors (Lipinski definition) is 0. The molecule has 0 N–H and O–H groups in total. The molecule has 0 unspecified atom stereocenters. The van der Waals surface area contributed by atoms with E-state index in [1.165, 1.54) is 11.9 Å². The van der Waals surface area contributed by atoms with Crippen LogP contribution in [0.25, 0.3) is 10.2 Å². The van der Waals surface area contributed by atoms with E-state index >= 15 is 0 Å². The molecule has 4 heterocycles. The predicted molar refractivity (Wildman–Crippen MR) is 114 cm³/mol. The normalized spacial score (nSPS) is 24.7. The van der Waals surface area contributed by atoms with Crippen molar-refractivity contribution in [3.05, 3.63) is 41.1 Å². The number of thiophene rings is 1. The van der Waals surface area contributed by atoms with Gasteiger partial charge in [0.1, 0.15) is 17.0 Å². The van der Waals surface area contributed by atoms with Gasteiger partial charge in [-0.15, -0.1) is 11.3 Å². The van der Waals surface area contributed by atoms with E-state index in [1.807, 2.05) is 12.2 Å². The van der Waals surface area contributed by atoms with Crippen LogP contribution in [0.1, 0.15) is 17.7 Å². The quantitative estimate of drug-likeness (QED) is 0.708. The lowest BCUT2D eigenvalue weighted by molar-refractivity contribution is -0.126. The molecule has 3 aliphatic rings. The van der Waals surface area contributed by atoms with Crippen LogP contribution in [0.5, 0.6) is 0 Å². The van der Waals surface area contributed by atoms with Crippen molar-refractivity contribution >= 4 is 33.2 Å². The molecule has 31 heavy (non-hydrogen) atoms. The highest BCUT2D eigenvalue weighted by Crippen LogP contribution is 2.38. The minimum atomic E-state index is -4.23. The first-order valence-electron chi connectivity index (χ1n) is 10.5. The highest BCUT2D eigenvalue weighted by Gasteiger charge is 2.38. The molecule has 9 heteroatoms. The molecule has 2 aromatic rings. The number of carbonyl (C=O) groups is 1. The molecule has 5 nitrogen and oxygen atoms in total. The number of nitrogens with zero attached hydrogens (tertiary/aromatic N) is 4. The number of hydrogen-bond acceptors (Lipinski definition) is 6. The van der Waals surface area contributed by atoms with Gasteiger partial charge in [-0.05, 0) is 42.5 Å². The second-order valence-electron chi connectivity index (χ2n) is 8.65. The maximum atomic E-state index is 12.8. The Labute approximate surface area is 182 Å². The molecule has 2 aliphatic heterocycles. The molecule has 0 aromatic carbocycles. The smallest absolute Gasteiger partial charge is 0.355 e. The standard InChI is InChI=1S/C22H23F3N4OS/c23-22(24,25)8-18-7-19-20(26-13-27-21(19)31-18)29-11-15-5-6-28(10-16(15)12-29)9-14-1-3-17(30)4-2-14/h1-3,7,13,15-16H,4-6,8-12H2/t15-,16+/m1/s1. The SMILES string of the molecule is O=C1C=CC(CN2CC[C@@H]3CN(c4ncnc5sc(CC(F)(F)F)cc45)C[C@@H]3C2)=CC1. The van der Waals surface area contributed by atoms with Gasteiger partial charge in [0.15, 0.2) is 5.78 Å². The summed E-state index contributed by atoms with van der Waals surface area (Å²) in [5.74, 6) is 1.97. The highest BCUT2D eigenvalue weighted by molar-refractivity contribution is 7.18. The van der Waals surface area contributed by atoms with Gasteiger partial charge in [0.2, 0.25) is 0 Å². The highest BCUT2D eigenvalue weighted by atomic mass is 32.1. The average molecular weight is 449 g/mol. The summed E-state index contributed by atoms with van der Waals surface area (Å²) in [4.78, 5) is 25.6. The van der Waals surface area contributed by atoms with Crippen molar-refractivity contribution in [3.8, 4) is 0 Å². The van der Waals surface area contributed by atoms with Crippen molar-refractivity contribution in [2.24, 2.45) is 11.8 Å². The Morgan fingerprint density at radius 1 is 1.13 bits per heavy atom. The van der Waals surface area contributed by atoms with Crippen molar-refractivity contribution in [1.82, 2.24) is 14.9 Å². The van der Waals surface area contributed by atoms with Crippen molar-refractivity contribution < 1.29 is 18.0 Å². The van der Waals surface area contributed by atoms with Gasteiger partial charge in [0, 0.05) is 37.5 Å². The van der Waals surface area contributed by atoms with E-state index in [1.54, 1.807) is 12.1 Å². The lowest BCUT2D eigenvalue weighted by Crippen LogP contribution is -2.40. The number of carbonyl (C=O) groups excluding carboxylic acids is 1. The monoisotopic (exact) mass is 448 g/mol. The fourth-order valence-corrected chi connectivity index (χ4v) is 5.95. The Hall–Kier alpha value is -2.26. The predicted octanol–water partition coefficient (Wildman–Crippen LogP) is 4.01. The number of rotatable bonds is 4. The van der Waals surface area contributed by atoms with E-state index in [4.69, 9.17) is 0 Å². The van der Waals surface area contributed by atoms with Crippen molar-refractivity contribution in [2.45, 2.75) is 25.4 Å². The van der Waals surface area contributed by atoms with Crippen LogP contribution in [0.15, 0.2) is 36.2 Å². The van der Waals surface area contributed by atoms with Crippen molar-refractivity contribution in [2.75, 3.05) is 37.6 Å². The van der Waals surface area contributed by atoms with Gasteiger partial charge in [0.05, 0.1) is 11.8 Å². The number of aromatic nitrogens is 2. The van der Waals surface area contributed by atoms with Crippen LogP contribution in [0.4, 0.5) is 19.0 Å². The number of ketones is 1. The second-order valence-corrected chi connectivity index (χ2v) is 9.77. The van der Waals surface area contributed by atoms with Crippen LogP contribution in [0.2, 0.25) is 0 Å². The van der Waals surface area contributed by atoms with Crippen molar-refractivity contribution in [1.29, 1.82) is 0 Å². The van der Waals surface area contributed by atoms with Crippen LogP contribution >= 0.6 is 11.3 Å². The second kappa shape index (κ2) is 8.02. The topological polar surface area (TPSA) is 49.3 Å². The van der Waals surface area contributed by atoms with Crippen molar-refractivity contribution in [3.63, 3.8) is 0 Å². The minimum Gasteiger partial charge on any atom is -0.355 e. The van der Waals surface area contributed by atoms with Crippen LogP contribution in [0.3, 0.4) is 0 Å². The lowest BCUT2D eigenvalue weighted by atomic mass is 9.88. The van der Waals surface area contributed by atoms with Gasteiger partial charge < -0.3 is 4.90 Å². The Morgan fingerprint density at radius 3 is 2.74 bits per heavy atom. The molecule has 2 atom stereocenters. The Morgan fingerprint density at radius 2 is 1.97 bits per heavy atom. The molecular weight excluding hydrogens is 425 g/mol. The minimum absolute atomic E-state index is 0.150. The van der Waals surface area contributed by atoms with E-state index in [0.717, 1.165) is 61.7 Å². The fraction of sp³-hybridized carbons (Fsp3) is 0.500. The first-order chi connectivity index (χ1) is 14.8. The number of piperidine rings is 1. The van der Waals surface area contributed by atoms with Crippen LogP contribution < -0.4 is 4.90 Å². The Kier molecular flexibility index (Phi) is 5.34. The Balaban J connectivity index is 1.29. The maximum Gasteiger partial charge on any atom is 0.393 e. The van der Waals surface area contributed by atoms with Gasteiger partial charge in [-0.3, -0.25) is 9.69 Å². The third kappa shape index (κ3) is 4.52. The fourth-order valence-electron chi connectivity index (χ4n) is 4.93. The first-order valence-corrected chi connectivity index (χ1v) is 11.3. The zero-order valence-corrected chi connectivity index (χ0v) is 17.8. The summed E-state index contributed by atoms with van der Waals surface area (Å²) in [6, 6.07) is 1.61. The van der Waals surface area contributed by atoms with E-state index in [-0.39, 0.29) is 10.7 Å². The summed E-state index contributed by atoms with van der Waals surface area (Å²) in [5.41, 5.74) is 1.20. The third-order valence-electron chi connectivity index (χ3n) is 6.37. The number of alkyl halides is 3. The maximum absolute atomic E-state index is 12.8. The molecule has 0 spiro atoms. The zero-order chi connectivity index (χ0) is 21.6. The van der Waals surface area contributed by atoms with Crippen LogP contribution in [-0.4, -0.2) is 59.6 Å². The van der Waals surface area contributed by atoms with Gasteiger partial charge in [-0.25, -0.2) is 9.97 Å². The zero-order valence-electron chi connectivity index (χ0n) is 16.9. The van der Waals surface area contributed by atoms with Crippen LogP contribution in [-0.2, 0) is 11.2 Å². The summed E-state index contributed by atoms with van der Waals surface area (Å²) in [7, 11) is 0. The summed E-state index contributed by atoms with van der Waals surface area (Å²) in [6.07, 6.45) is 3.49. The summed E-state index contributed by atoms with van der Waals surface area (Å²) >= 11 is 1.10. The molecule has 0 saturated carbocycles. The van der Waals surface area contributed by atoms with E-state index in [9.17, 15) is 18.0 Å². The van der Waals surface area contributed by atoms with Gasteiger partial charge in [0.25, 0.3) is 0 Å². The molecule has 2 saturated heterocycles. The van der Waals surface area contributed by atoms with Gasteiger partial charge >= 0.3 is 6.18 Å². The summed E-state index contributed by atoms with van der Waals surface area (Å²) < 4.78 is 38.5. The molecule has 2 aromatic heterocycles. The lowest BCUT2D eigenvalue weighted by Gasteiger charge is -2.34. The first kappa shape index (κ1) is 20.6. The average Bonchev–Trinajstić information content (AvgIpc) is 3.31. The summed E-state index contributed by atoms with van der Waals surface area (Å²) in [6.45, 7) is 4.59. The number of likely N-dealkylation sites (tertiary alicyclic amines) is 1. The van der Waals surface area contributed by atoms with Crippen LogP contribution in [0, 0.1) is 11.8 Å². The molecule has 0 bridgehead atoms. The molecule has 1 aliphatic carbocycles. The van der Waals surface area contributed by atoms with E-state index in [2.05, 4.69) is 19.8 Å². The third-order valence-corrected chi connectivity index (χ3v) is 7.42. The largest absolute Gasteiger partial charge is 0.393 e. The molecule has 164 valence electrons. The molecular formula is C22H23F3N4OS. The molecule has 5 rings (SSSR count). The molecule has 0 amide bonds. The molecule has 2 fully saturated rings. The van der Waals surface area contributed by atoms with E-state index < -0.39 is 12.6 Å². The number of fused-ring (bicyclic) bond motifs is 2. The Bertz CT molecular complexity index is 1060. The number of halogens is 3.